The summed E-state index contributed by atoms with van der Waals surface area (Å²) in [6.45, 7) is 3.93. The van der Waals surface area contributed by atoms with E-state index < -0.39 is 14.9 Å². The molecule has 1 aromatic heterocycles. The fraction of sp³-hybridized carbons (Fsp3) is 0.333. The fourth-order valence-electron chi connectivity index (χ4n) is 3.55. The van der Waals surface area contributed by atoms with Gasteiger partial charge < -0.3 is 4.90 Å². The summed E-state index contributed by atoms with van der Waals surface area (Å²) in [5, 5.41) is 11.6. The highest BCUT2D eigenvalue weighted by Crippen LogP contribution is 2.24. The predicted octanol–water partition coefficient (Wildman–Crippen LogP) is 3.25. The molecule has 1 fully saturated rings. The largest absolute Gasteiger partial charge is 0.345 e. The van der Waals surface area contributed by atoms with Crippen LogP contribution in [-0.4, -0.2) is 53.2 Å². The Hall–Kier alpha value is -2.89. The Kier molecular flexibility index (Phi) is 6.49. The molecule has 32 heavy (non-hydrogen) atoms. The summed E-state index contributed by atoms with van der Waals surface area (Å²) >= 11 is 1.33. The van der Waals surface area contributed by atoms with Crippen LogP contribution < -0.4 is 4.90 Å². The molecule has 1 saturated heterocycles. The third-order valence-corrected chi connectivity index (χ3v) is 8.08. The van der Waals surface area contributed by atoms with Gasteiger partial charge >= 0.3 is 0 Å². The second-order valence-corrected chi connectivity index (χ2v) is 10.3. The van der Waals surface area contributed by atoms with Crippen LogP contribution in [0.5, 0.6) is 0 Å². The average Bonchev–Trinajstić information content (AvgIpc) is 3.09. The van der Waals surface area contributed by atoms with Crippen LogP contribution in [0.3, 0.4) is 0 Å². The van der Waals surface area contributed by atoms with E-state index in [-0.39, 0.29) is 10.6 Å². The van der Waals surface area contributed by atoms with Gasteiger partial charge in [0.15, 0.2) is 0 Å². The number of nitrogens with zero attached hydrogens (tertiary/aromatic N) is 5. The van der Waals surface area contributed by atoms with Crippen LogP contribution in [0.25, 0.3) is 0 Å². The molecule has 1 aliphatic heterocycles. The maximum absolute atomic E-state index is 13.0. The van der Waals surface area contributed by atoms with Crippen LogP contribution in [0.1, 0.15) is 23.4 Å². The lowest BCUT2D eigenvalue weighted by Gasteiger charge is -2.21. The van der Waals surface area contributed by atoms with E-state index in [0.717, 1.165) is 16.5 Å². The highest BCUT2D eigenvalue weighted by molar-refractivity contribution is 7.89. The lowest BCUT2D eigenvalue weighted by atomic mass is 10.1. The number of rotatable bonds is 6. The van der Waals surface area contributed by atoms with E-state index in [9.17, 15) is 18.5 Å². The van der Waals surface area contributed by atoms with E-state index in [1.54, 1.807) is 0 Å². The van der Waals surface area contributed by atoms with Crippen molar-refractivity contribution in [2.45, 2.75) is 24.7 Å². The summed E-state index contributed by atoms with van der Waals surface area (Å²) in [5.74, 6) is 0.758. The van der Waals surface area contributed by atoms with E-state index in [1.807, 2.05) is 6.92 Å². The molecule has 0 aliphatic carbocycles. The summed E-state index contributed by atoms with van der Waals surface area (Å²) in [4.78, 5) is 17.1. The summed E-state index contributed by atoms with van der Waals surface area (Å²) in [7, 11) is -3.72. The summed E-state index contributed by atoms with van der Waals surface area (Å²) in [5.41, 5.74) is 2.22. The van der Waals surface area contributed by atoms with Crippen molar-refractivity contribution >= 4 is 32.4 Å². The van der Waals surface area contributed by atoms with Gasteiger partial charge in [0.25, 0.3) is 5.69 Å². The first-order chi connectivity index (χ1) is 15.3. The number of hydrogen-bond donors (Lipinski definition) is 0. The van der Waals surface area contributed by atoms with Crippen LogP contribution in [-0.2, 0) is 16.4 Å². The molecule has 0 radical (unpaired) electrons. The Morgan fingerprint density at radius 1 is 1.03 bits per heavy atom. The van der Waals surface area contributed by atoms with Gasteiger partial charge in [0.05, 0.1) is 9.82 Å². The summed E-state index contributed by atoms with van der Waals surface area (Å²) in [6.07, 6.45) is 1.31. The number of nitro groups is 1. The first kappa shape index (κ1) is 22.3. The smallest absolute Gasteiger partial charge is 0.269 e. The van der Waals surface area contributed by atoms with Crippen LogP contribution in [0.4, 0.5) is 10.8 Å². The molecular formula is C21H23N5O4S2. The lowest BCUT2D eigenvalue weighted by Crippen LogP contribution is -2.35. The van der Waals surface area contributed by atoms with Crippen LogP contribution in [0.15, 0.2) is 53.4 Å². The molecule has 0 bridgehead atoms. The van der Waals surface area contributed by atoms with Gasteiger partial charge in [-0.2, -0.15) is 8.68 Å². The first-order valence-electron chi connectivity index (χ1n) is 10.2. The molecule has 9 nitrogen and oxygen atoms in total. The Morgan fingerprint density at radius 2 is 1.75 bits per heavy atom. The van der Waals surface area contributed by atoms with Crippen molar-refractivity contribution in [3.05, 3.63) is 75.6 Å². The maximum atomic E-state index is 13.0. The van der Waals surface area contributed by atoms with Crippen LogP contribution >= 0.6 is 11.5 Å². The zero-order valence-electron chi connectivity index (χ0n) is 17.5. The van der Waals surface area contributed by atoms with Crippen molar-refractivity contribution in [1.29, 1.82) is 0 Å². The van der Waals surface area contributed by atoms with E-state index in [4.69, 9.17) is 0 Å². The maximum Gasteiger partial charge on any atom is 0.269 e. The lowest BCUT2D eigenvalue weighted by molar-refractivity contribution is -0.384. The zero-order chi connectivity index (χ0) is 22.7. The molecule has 168 valence electrons. The standard InChI is InChI=1S/C21H23N5O4S2/c1-16-3-5-17(6-4-16)15-20-22-21(31-23-20)24-11-2-12-25(14-13-24)32(29,30)19-9-7-18(8-10-19)26(27)28/h3-10H,2,11-15H2,1H3. The van der Waals surface area contributed by atoms with Gasteiger partial charge in [-0.3, -0.25) is 10.1 Å². The van der Waals surface area contributed by atoms with Gasteiger partial charge in [-0.1, -0.05) is 29.8 Å². The van der Waals surface area contributed by atoms with Crippen molar-refractivity contribution < 1.29 is 13.3 Å². The first-order valence-corrected chi connectivity index (χ1v) is 12.4. The number of aromatic nitrogens is 2. The molecule has 3 aromatic rings. The number of benzene rings is 2. The quantitative estimate of drug-likeness (QED) is 0.399. The fourth-order valence-corrected chi connectivity index (χ4v) is 5.75. The molecule has 11 heteroatoms. The monoisotopic (exact) mass is 473 g/mol. The molecule has 2 aromatic carbocycles. The molecule has 4 rings (SSSR count). The molecule has 0 amide bonds. The van der Waals surface area contributed by atoms with E-state index in [2.05, 4.69) is 38.5 Å². The van der Waals surface area contributed by atoms with E-state index >= 15 is 0 Å². The third-order valence-electron chi connectivity index (χ3n) is 5.35. The normalized spacial score (nSPS) is 15.5. The second kappa shape index (κ2) is 9.31. The average molecular weight is 474 g/mol. The van der Waals surface area contributed by atoms with Gasteiger partial charge in [0.1, 0.15) is 5.82 Å². The van der Waals surface area contributed by atoms with E-state index in [1.165, 1.54) is 45.7 Å². The Labute approximate surface area is 190 Å². The molecule has 1 aliphatic rings. The second-order valence-electron chi connectivity index (χ2n) is 7.65. The minimum atomic E-state index is -3.72. The highest BCUT2D eigenvalue weighted by atomic mass is 32.2. The van der Waals surface area contributed by atoms with Crippen molar-refractivity contribution in [3.8, 4) is 0 Å². The van der Waals surface area contributed by atoms with Crippen molar-refractivity contribution in [1.82, 2.24) is 13.7 Å². The molecule has 0 atom stereocenters. The Morgan fingerprint density at radius 3 is 2.44 bits per heavy atom. The number of sulfonamides is 1. The minimum absolute atomic E-state index is 0.0628. The van der Waals surface area contributed by atoms with Crippen LogP contribution in [0.2, 0.25) is 0 Å². The molecule has 0 N–H and O–H groups in total. The van der Waals surface area contributed by atoms with Gasteiger partial charge in [-0.25, -0.2) is 13.4 Å². The number of non-ortho nitro benzene ring substituents is 1. The van der Waals surface area contributed by atoms with E-state index in [0.29, 0.717) is 39.0 Å². The van der Waals surface area contributed by atoms with Crippen molar-refractivity contribution in [3.63, 3.8) is 0 Å². The number of nitro benzene ring substituents is 1. The number of hydrogen-bond acceptors (Lipinski definition) is 8. The molecule has 2 heterocycles. The zero-order valence-corrected chi connectivity index (χ0v) is 19.2. The van der Waals surface area contributed by atoms with Gasteiger partial charge in [0, 0.05) is 56.3 Å². The number of aryl methyl sites for hydroxylation is 1. The SMILES string of the molecule is Cc1ccc(Cc2nsc(N3CCCN(S(=O)(=O)c4ccc([N+](=O)[O-])cc4)CC3)n2)cc1. The Balaban J connectivity index is 1.42. The molecule has 0 saturated carbocycles. The molecule has 0 unspecified atom stereocenters. The molecular weight excluding hydrogens is 450 g/mol. The van der Waals surface area contributed by atoms with Crippen LogP contribution in [0, 0.1) is 17.0 Å². The summed E-state index contributed by atoms with van der Waals surface area (Å²) in [6, 6.07) is 13.3. The third kappa shape index (κ3) is 4.95. The topological polar surface area (TPSA) is 110 Å². The van der Waals surface area contributed by atoms with Gasteiger partial charge in [-0.15, -0.1) is 0 Å². The van der Waals surface area contributed by atoms with Crippen molar-refractivity contribution in [2.75, 3.05) is 31.1 Å². The number of anilines is 1. The van der Waals surface area contributed by atoms with Gasteiger partial charge in [-0.05, 0) is 31.0 Å². The minimum Gasteiger partial charge on any atom is -0.345 e. The molecule has 0 spiro atoms. The summed E-state index contributed by atoms with van der Waals surface area (Å²) < 4.78 is 31.9. The Bertz CT molecular complexity index is 1190. The highest BCUT2D eigenvalue weighted by Gasteiger charge is 2.28. The van der Waals surface area contributed by atoms with Crippen molar-refractivity contribution in [2.24, 2.45) is 0 Å². The van der Waals surface area contributed by atoms with Gasteiger partial charge in [0.2, 0.25) is 15.2 Å². The predicted molar refractivity (Wildman–Crippen MR) is 123 cm³/mol.